The predicted octanol–water partition coefficient (Wildman–Crippen LogP) is 2.71. The first kappa shape index (κ1) is 12.7. The summed E-state index contributed by atoms with van der Waals surface area (Å²) in [6, 6.07) is 20.9. The summed E-state index contributed by atoms with van der Waals surface area (Å²) in [5.74, 6) is 0.897. The van der Waals surface area contributed by atoms with Crippen LogP contribution < -0.4 is 10.6 Å². The van der Waals surface area contributed by atoms with E-state index in [9.17, 15) is 0 Å². The smallest absolute Gasteiger partial charge is 0.192 e. The zero-order valence-electron chi connectivity index (χ0n) is 11.4. The average Bonchev–Trinajstić information content (AvgIpc) is 2.55. The monoisotopic (exact) mass is 265 g/mol. The maximum atomic E-state index is 4.87. The molecule has 1 aliphatic rings. The predicted molar refractivity (Wildman–Crippen MR) is 82.8 cm³/mol. The second-order valence-electron chi connectivity index (χ2n) is 4.91. The van der Waals surface area contributed by atoms with E-state index >= 15 is 0 Å². The van der Waals surface area contributed by atoms with Crippen molar-refractivity contribution in [2.45, 2.75) is 12.5 Å². The lowest BCUT2D eigenvalue weighted by Crippen LogP contribution is -2.44. The van der Waals surface area contributed by atoms with Gasteiger partial charge in [0.15, 0.2) is 5.96 Å². The largest absolute Gasteiger partial charge is 0.356 e. The van der Waals surface area contributed by atoms with Crippen LogP contribution in [0.1, 0.15) is 23.6 Å². The Balaban J connectivity index is 1.95. The number of hydrogen-bond donors (Lipinski definition) is 2. The van der Waals surface area contributed by atoms with Gasteiger partial charge < -0.3 is 10.6 Å². The van der Waals surface area contributed by atoms with Crippen molar-refractivity contribution in [2.75, 3.05) is 13.1 Å². The lowest BCUT2D eigenvalue weighted by Gasteiger charge is -2.21. The number of benzene rings is 2. The van der Waals surface area contributed by atoms with Crippen LogP contribution in [-0.4, -0.2) is 19.0 Å². The Bertz CT molecular complexity index is 516. The summed E-state index contributed by atoms with van der Waals surface area (Å²) in [6.07, 6.45) is 1.14. The maximum Gasteiger partial charge on any atom is 0.192 e. The molecule has 1 heterocycles. The average molecular weight is 265 g/mol. The van der Waals surface area contributed by atoms with E-state index in [0.717, 1.165) is 25.5 Å². The van der Waals surface area contributed by atoms with Crippen molar-refractivity contribution in [2.24, 2.45) is 4.99 Å². The molecule has 1 aliphatic heterocycles. The molecule has 0 aliphatic carbocycles. The lowest BCUT2D eigenvalue weighted by atomic mass is 9.99. The van der Waals surface area contributed by atoms with Crippen LogP contribution in [0.3, 0.4) is 0 Å². The Morgan fingerprint density at radius 1 is 0.750 bits per heavy atom. The molecule has 2 N–H and O–H groups in total. The molecule has 0 unspecified atom stereocenters. The van der Waals surface area contributed by atoms with Crippen LogP contribution in [0.2, 0.25) is 0 Å². The molecule has 1 saturated heterocycles. The zero-order valence-corrected chi connectivity index (χ0v) is 11.4. The SMILES string of the molecule is c1ccc(C(N=C2NCCCN2)c2ccccc2)cc1. The number of rotatable bonds is 3. The molecule has 2 aromatic carbocycles. The van der Waals surface area contributed by atoms with Crippen LogP contribution in [0.4, 0.5) is 0 Å². The Labute approximate surface area is 119 Å². The van der Waals surface area contributed by atoms with Gasteiger partial charge in [0.05, 0.1) is 0 Å². The molecule has 102 valence electrons. The van der Waals surface area contributed by atoms with Gasteiger partial charge in [-0.05, 0) is 17.5 Å². The van der Waals surface area contributed by atoms with E-state index in [2.05, 4.69) is 59.2 Å². The molecule has 3 nitrogen and oxygen atoms in total. The molecule has 0 aromatic heterocycles. The number of hydrogen-bond acceptors (Lipinski definition) is 1. The van der Waals surface area contributed by atoms with Crippen molar-refractivity contribution < 1.29 is 0 Å². The molecule has 3 heteroatoms. The van der Waals surface area contributed by atoms with Crippen LogP contribution in [-0.2, 0) is 0 Å². The molecule has 0 bridgehead atoms. The van der Waals surface area contributed by atoms with Gasteiger partial charge in [-0.2, -0.15) is 0 Å². The van der Waals surface area contributed by atoms with Crippen molar-refractivity contribution in [3.05, 3.63) is 71.8 Å². The molecule has 2 aromatic rings. The Morgan fingerprint density at radius 2 is 1.25 bits per heavy atom. The number of aliphatic imine (C=N–C) groups is 1. The molecule has 0 radical (unpaired) electrons. The normalized spacial score (nSPS) is 14.6. The van der Waals surface area contributed by atoms with Crippen LogP contribution in [0, 0.1) is 0 Å². The quantitative estimate of drug-likeness (QED) is 0.895. The molecule has 0 spiro atoms. The van der Waals surface area contributed by atoms with Crippen LogP contribution in [0.15, 0.2) is 65.7 Å². The number of nitrogens with one attached hydrogen (secondary N) is 2. The molecule has 1 fully saturated rings. The fourth-order valence-electron chi connectivity index (χ4n) is 2.40. The highest BCUT2D eigenvalue weighted by Gasteiger charge is 2.14. The van der Waals surface area contributed by atoms with Crippen molar-refractivity contribution in [1.82, 2.24) is 10.6 Å². The van der Waals surface area contributed by atoms with Gasteiger partial charge in [0, 0.05) is 13.1 Å². The third kappa shape index (κ3) is 2.99. The van der Waals surface area contributed by atoms with E-state index in [0.29, 0.717) is 0 Å². The van der Waals surface area contributed by atoms with E-state index in [-0.39, 0.29) is 6.04 Å². The summed E-state index contributed by atoms with van der Waals surface area (Å²) in [4.78, 5) is 4.87. The minimum atomic E-state index is 0.0329. The third-order valence-electron chi connectivity index (χ3n) is 3.43. The van der Waals surface area contributed by atoms with Gasteiger partial charge in [0.25, 0.3) is 0 Å². The van der Waals surface area contributed by atoms with Crippen molar-refractivity contribution in [1.29, 1.82) is 0 Å². The second kappa shape index (κ2) is 6.24. The summed E-state index contributed by atoms with van der Waals surface area (Å²) in [6.45, 7) is 1.98. The van der Waals surface area contributed by atoms with E-state index in [1.165, 1.54) is 11.1 Å². The van der Waals surface area contributed by atoms with Crippen LogP contribution >= 0.6 is 0 Å². The number of guanidine groups is 1. The van der Waals surface area contributed by atoms with Gasteiger partial charge in [-0.15, -0.1) is 0 Å². The number of nitrogens with zero attached hydrogens (tertiary/aromatic N) is 1. The highest BCUT2D eigenvalue weighted by Crippen LogP contribution is 2.25. The summed E-state index contributed by atoms with van der Waals surface area (Å²) in [7, 11) is 0. The van der Waals surface area contributed by atoms with Crippen molar-refractivity contribution in [3.8, 4) is 0 Å². The topological polar surface area (TPSA) is 36.4 Å². The van der Waals surface area contributed by atoms with Gasteiger partial charge in [-0.25, -0.2) is 4.99 Å². The fourth-order valence-corrected chi connectivity index (χ4v) is 2.40. The van der Waals surface area contributed by atoms with Crippen molar-refractivity contribution in [3.63, 3.8) is 0 Å². The standard InChI is InChI=1S/C17H19N3/c1-3-8-14(9-4-1)16(15-10-5-2-6-11-15)20-17-18-12-7-13-19-17/h1-6,8-11,16H,7,12-13H2,(H2,18,19,20). The molecule has 0 amide bonds. The van der Waals surface area contributed by atoms with Gasteiger partial charge in [0.2, 0.25) is 0 Å². The van der Waals surface area contributed by atoms with Crippen LogP contribution in [0.5, 0.6) is 0 Å². The molecule has 3 rings (SSSR count). The first-order valence-electron chi connectivity index (χ1n) is 7.09. The summed E-state index contributed by atoms with van der Waals surface area (Å²) >= 11 is 0. The van der Waals surface area contributed by atoms with Crippen LogP contribution in [0.25, 0.3) is 0 Å². The summed E-state index contributed by atoms with van der Waals surface area (Å²) < 4.78 is 0. The Morgan fingerprint density at radius 3 is 1.75 bits per heavy atom. The Hall–Kier alpha value is -2.29. The molecule has 0 saturated carbocycles. The lowest BCUT2D eigenvalue weighted by molar-refractivity contribution is 0.656. The van der Waals surface area contributed by atoms with Gasteiger partial charge in [-0.3, -0.25) is 0 Å². The maximum absolute atomic E-state index is 4.87. The van der Waals surface area contributed by atoms with Gasteiger partial charge >= 0.3 is 0 Å². The summed E-state index contributed by atoms with van der Waals surface area (Å²) in [5, 5.41) is 6.66. The molecule has 0 atom stereocenters. The van der Waals surface area contributed by atoms with Gasteiger partial charge in [0.1, 0.15) is 6.04 Å². The van der Waals surface area contributed by atoms with E-state index in [1.807, 2.05) is 12.1 Å². The zero-order chi connectivity index (χ0) is 13.6. The minimum Gasteiger partial charge on any atom is -0.356 e. The molecular weight excluding hydrogens is 246 g/mol. The first-order chi connectivity index (χ1) is 9.93. The van der Waals surface area contributed by atoms with E-state index in [1.54, 1.807) is 0 Å². The summed E-state index contributed by atoms with van der Waals surface area (Å²) in [5.41, 5.74) is 2.42. The second-order valence-corrected chi connectivity index (χ2v) is 4.91. The minimum absolute atomic E-state index is 0.0329. The Kier molecular flexibility index (Phi) is 3.97. The van der Waals surface area contributed by atoms with E-state index in [4.69, 9.17) is 4.99 Å². The fraction of sp³-hybridized carbons (Fsp3) is 0.235. The van der Waals surface area contributed by atoms with E-state index < -0.39 is 0 Å². The first-order valence-corrected chi connectivity index (χ1v) is 7.09. The van der Waals surface area contributed by atoms with Gasteiger partial charge in [-0.1, -0.05) is 60.7 Å². The third-order valence-corrected chi connectivity index (χ3v) is 3.43. The highest BCUT2D eigenvalue weighted by molar-refractivity contribution is 5.80. The van der Waals surface area contributed by atoms with Crippen molar-refractivity contribution >= 4 is 5.96 Å². The molecule has 20 heavy (non-hydrogen) atoms. The highest BCUT2D eigenvalue weighted by atomic mass is 15.2. The molecular formula is C17H19N3.